The van der Waals surface area contributed by atoms with Gasteiger partial charge in [-0.05, 0) is 25.3 Å². The topological polar surface area (TPSA) is 83.7 Å². The minimum absolute atomic E-state index is 0. The molecule has 0 saturated carbocycles. The minimum atomic E-state index is -0.00842. The van der Waals surface area contributed by atoms with Crippen LogP contribution in [-0.4, -0.2) is 53.8 Å². The van der Waals surface area contributed by atoms with Crippen LogP contribution < -0.4 is 10.6 Å². The summed E-state index contributed by atoms with van der Waals surface area (Å²) >= 11 is 0. The lowest BCUT2D eigenvalue weighted by molar-refractivity contribution is 0.127. The maximum Gasteiger partial charge on any atom is 0.191 e. The molecule has 1 atom stereocenters. The first-order valence-corrected chi connectivity index (χ1v) is 9.99. The molecule has 0 amide bonds. The van der Waals surface area contributed by atoms with Gasteiger partial charge in [0.25, 0.3) is 0 Å². The number of rotatable bonds is 9. The molecule has 2 heterocycles. The smallest absolute Gasteiger partial charge is 0.191 e. The average molecular weight is 513 g/mol. The standard InChI is InChI=1S/C21H31N5O2.HI/c1-2-22-20(24-16-21(8-10-27)9-11-28-17-21)23-12-19-13-25-26(15-19)14-18-6-4-3-5-7-18;/h3-7,13,15,27H,2,8-12,14,16-17H2,1H3,(H2,22,23,24);1H. The molecule has 1 aromatic carbocycles. The number of nitrogens with one attached hydrogen (secondary N) is 2. The first kappa shape index (κ1) is 23.6. The van der Waals surface area contributed by atoms with Gasteiger partial charge in [-0.3, -0.25) is 4.68 Å². The lowest BCUT2D eigenvalue weighted by atomic mass is 9.84. The molecule has 1 unspecified atom stereocenters. The van der Waals surface area contributed by atoms with Crippen molar-refractivity contribution in [2.75, 3.05) is 32.9 Å². The Balaban J connectivity index is 0.00000300. The van der Waals surface area contributed by atoms with Gasteiger partial charge in [0, 0.05) is 43.5 Å². The molecular formula is C21H32IN5O2. The van der Waals surface area contributed by atoms with E-state index in [2.05, 4.69) is 34.8 Å². The van der Waals surface area contributed by atoms with E-state index in [4.69, 9.17) is 9.73 Å². The van der Waals surface area contributed by atoms with Crippen molar-refractivity contribution in [2.24, 2.45) is 10.4 Å². The molecule has 1 aliphatic rings. The molecular weight excluding hydrogens is 481 g/mol. The molecule has 0 spiro atoms. The van der Waals surface area contributed by atoms with E-state index in [1.807, 2.05) is 35.3 Å². The fourth-order valence-electron chi connectivity index (χ4n) is 3.44. The van der Waals surface area contributed by atoms with Gasteiger partial charge in [-0.2, -0.15) is 5.10 Å². The Labute approximate surface area is 190 Å². The number of aliphatic hydroxyl groups is 1. The molecule has 0 aliphatic carbocycles. The fourth-order valence-corrected chi connectivity index (χ4v) is 3.44. The minimum Gasteiger partial charge on any atom is -0.396 e. The highest BCUT2D eigenvalue weighted by atomic mass is 127. The van der Waals surface area contributed by atoms with Gasteiger partial charge in [0.2, 0.25) is 0 Å². The summed E-state index contributed by atoms with van der Waals surface area (Å²) in [6.07, 6.45) is 5.62. The summed E-state index contributed by atoms with van der Waals surface area (Å²) in [4.78, 5) is 4.69. The van der Waals surface area contributed by atoms with Crippen LogP contribution in [0.15, 0.2) is 47.7 Å². The highest BCUT2D eigenvalue weighted by Gasteiger charge is 2.34. The molecule has 7 nitrogen and oxygen atoms in total. The lowest BCUT2D eigenvalue weighted by Gasteiger charge is -2.27. The summed E-state index contributed by atoms with van der Waals surface area (Å²) < 4.78 is 7.50. The first-order chi connectivity index (χ1) is 13.7. The number of hydrogen-bond acceptors (Lipinski definition) is 4. The predicted molar refractivity (Wildman–Crippen MR) is 126 cm³/mol. The van der Waals surface area contributed by atoms with Gasteiger partial charge in [0.15, 0.2) is 5.96 Å². The second-order valence-corrected chi connectivity index (χ2v) is 7.36. The molecule has 0 radical (unpaired) electrons. The summed E-state index contributed by atoms with van der Waals surface area (Å²) in [7, 11) is 0. The molecule has 2 aromatic rings. The van der Waals surface area contributed by atoms with E-state index in [1.165, 1.54) is 5.56 Å². The highest BCUT2D eigenvalue weighted by molar-refractivity contribution is 14.0. The van der Waals surface area contributed by atoms with Crippen molar-refractivity contribution in [3.05, 3.63) is 53.9 Å². The van der Waals surface area contributed by atoms with Crippen molar-refractivity contribution in [1.82, 2.24) is 20.4 Å². The van der Waals surface area contributed by atoms with Crippen molar-refractivity contribution in [3.63, 3.8) is 0 Å². The van der Waals surface area contributed by atoms with Crippen molar-refractivity contribution in [3.8, 4) is 0 Å². The Hall–Kier alpha value is -1.65. The van der Waals surface area contributed by atoms with Crippen LogP contribution in [0.2, 0.25) is 0 Å². The van der Waals surface area contributed by atoms with Crippen LogP contribution in [0.3, 0.4) is 0 Å². The molecule has 1 fully saturated rings. The number of guanidine groups is 1. The first-order valence-electron chi connectivity index (χ1n) is 9.99. The summed E-state index contributed by atoms with van der Waals surface area (Å²) in [6.45, 7) is 6.54. The highest BCUT2D eigenvalue weighted by Crippen LogP contribution is 2.31. The van der Waals surface area contributed by atoms with Crippen LogP contribution in [0.5, 0.6) is 0 Å². The molecule has 0 bridgehead atoms. The summed E-state index contributed by atoms with van der Waals surface area (Å²) in [5, 5.41) is 20.5. The zero-order valence-electron chi connectivity index (χ0n) is 17.0. The number of aliphatic imine (C=N–C) groups is 1. The molecule has 3 rings (SSSR count). The van der Waals surface area contributed by atoms with E-state index in [0.717, 1.165) is 50.6 Å². The average Bonchev–Trinajstić information content (AvgIpc) is 3.35. The maximum absolute atomic E-state index is 9.38. The Kier molecular flexibility index (Phi) is 9.89. The van der Waals surface area contributed by atoms with E-state index < -0.39 is 0 Å². The number of benzene rings is 1. The molecule has 8 heteroatoms. The Morgan fingerprint density at radius 1 is 1.28 bits per heavy atom. The zero-order valence-corrected chi connectivity index (χ0v) is 19.3. The molecule has 1 aromatic heterocycles. The molecule has 160 valence electrons. The quantitative estimate of drug-likeness (QED) is 0.273. The Bertz CT molecular complexity index is 745. The van der Waals surface area contributed by atoms with Gasteiger partial charge in [-0.25, -0.2) is 4.99 Å². The van der Waals surface area contributed by atoms with Crippen molar-refractivity contribution in [1.29, 1.82) is 0 Å². The Morgan fingerprint density at radius 3 is 2.79 bits per heavy atom. The molecule has 1 saturated heterocycles. The number of aromatic nitrogens is 2. The van der Waals surface area contributed by atoms with Crippen molar-refractivity contribution in [2.45, 2.75) is 32.9 Å². The number of ether oxygens (including phenoxy) is 1. The van der Waals surface area contributed by atoms with E-state index in [0.29, 0.717) is 13.2 Å². The SMILES string of the molecule is CCNC(=NCc1cnn(Cc2ccccc2)c1)NCC1(CCO)CCOC1.I. The van der Waals surface area contributed by atoms with E-state index in [-0.39, 0.29) is 36.0 Å². The van der Waals surface area contributed by atoms with Crippen LogP contribution in [0.1, 0.15) is 30.9 Å². The third kappa shape index (κ3) is 7.27. The van der Waals surface area contributed by atoms with E-state index >= 15 is 0 Å². The molecule has 29 heavy (non-hydrogen) atoms. The van der Waals surface area contributed by atoms with Gasteiger partial charge >= 0.3 is 0 Å². The van der Waals surface area contributed by atoms with Crippen LogP contribution in [0.4, 0.5) is 0 Å². The van der Waals surface area contributed by atoms with Crippen LogP contribution in [0.25, 0.3) is 0 Å². The van der Waals surface area contributed by atoms with Crippen LogP contribution in [0, 0.1) is 5.41 Å². The summed E-state index contributed by atoms with van der Waals surface area (Å²) in [6, 6.07) is 10.3. The van der Waals surface area contributed by atoms with Crippen molar-refractivity contribution >= 4 is 29.9 Å². The van der Waals surface area contributed by atoms with Crippen LogP contribution >= 0.6 is 24.0 Å². The molecule has 1 aliphatic heterocycles. The monoisotopic (exact) mass is 513 g/mol. The largest absolute Gasteiger partial charge is 0.396 e. The zero-order chi connectivity index (χ0) is 19.7. The summed E-state index contributed by atoms with van der Waals surface area (Å²) in [5.41, 5.74) is 2.29. The van der Waals surface area contributed by atoms with Gasteiger partial charge in [-0.15, -0.1) is 24.0 Å². The summed E-state index contributed by atoms with van der Waals surface area (Å²) in [5.74, 6) is 0.780. The van der Waals surface area contributed by atoms with Gasteiger partial charge in [0.1, 0.15) is 0 Å². The van der Waals surface area contributed by atoms with E-state index in [9.17, 15) is 5.11 Å². The van der Waals surface area contributed by atoms with Crippen molar-refractivity contribution < 1.29 is 9.84 Å². The van der Waals surface area contributed by atoms with Gasteiger partial charge in [-0.1, -0.05) is 30.3 Å². The number of aliphatic hydroxyl groups excluding tert-OH is 1. The van der Waals surface area contributed by atoms with Crippen LogP contribution in [-0.2, 0) is 17.8 Å². The van der Waals surface area contributed by atoms with Gasteiger partial charge < -0.3 is 20.5 Å². The fraction of sp³-hybridized carbons (Fsp3) is 0.524. The third-order valence-corrected chi connectivity index (χ3v) is 5.10. The van der Waals surface area contributed by atoms with E-state index in [1.54, 1.807) is 0 Å². The number of halogens is 1. The number of hydrogen-bond donors (Lipinski definition) is 3. The molecule has 3 N–H and O–H groups in total. The third-order valence-electron chi connectivity index (χ3n) is 5.10. The van der Waals surface area contributed by atoms with Gasteiger partial charge in [0.05, 0.1) is 25.9 Å². The second-order valence-electron chi connectivity index (χ2n) is 7.36. The lowest BCUT2D eigenvalue weighted by Crippen LogP contribution is -2.44. The predicted octanol–water partition coefficient (Wildman–Crippen LogP) is 2.39. The second kappa shape index (κ2) is 12.1. The normalized spacial score (nSPS) is 19.0. The number of nitrogens with zero attached hydrogens (tertiary/aromatic N) is 3. The Morgan fingerprint density at radius 2 is 2.10 bits per heavy atom. The maximum atomic E-state index is 9.38.